The molecule has 11 heteroatoms. The second kappa shape index (κ2) is 9.76. The van der Waals surface area contributed by atoms with E-state index in [1.807, 2.05) is 7.05 Å². The molecule has 5 heterocycles. The number of aromatic nitrogens is 3. The van der Waals surface area contributed by atoms with Gasteiger partial charge in [0.05, 0.1) is 5.54 Å². The Bertz CT molecular complexity index is 1640. The third kappa shape index (κ3) is 4.50. The van der Waals surface area contributed by atoms with Gasteiger partial charge in [-0.1, -0.05) is 11.6 Å². The van der Waals surface area contributed by atoms with Crippen molar-refractivity contribution in [2.75, 3.05) is 31.6 Å². The van der Waals surface area contributed by atoms with Gasteiger partial charge in [-0.2, -0.15) is 9.97 Å². The van der Waals surface area contributed by atoms with Crippen molar-refractivity contribution >= 4 is 28.3 Å². The van der Waals surface area contributed by atoms with E-state index >= 15 is 4.39 Å². The molecule has 2 unspecified atom stereocenters. The molecule has 228 valence electrons. The molecule has 2 saturated carbocycles. The monoisotopic (exact) mass is 611 g/mol. The number of anilines is 1. The topological polar surface area (TPSA) is 83.8 Å². The van der Waals surface area contributed by atoms with E-state index in [1.165, 1.54) is 12.1 Å². The molecule has 3 aliphatic heterocycles. The van der Waals surface area contributed by atoms with Gasteiger partial charge in [-0.05, 0) is 82.0 Å². The number of alkyl halides is 1. The lowest BCUT2D eigenvalue weighted by molar-refractivity contribution is 0.0359. The van der Waals surface area contributed by atoms with Gasteiger partial charge in [0.1, 0.15) is 46.5 Å². The summed E-state index contributed by atoms with van der Waals surface area (Å²) in [5.74, 6) is 0.236. The number of halogens is 3. The van der Waals surface area contributed by atoms with Gasteiger partial charge in [-0.15, -0.1) is 0 Å². The molecule has 5 aliphatic rings. The SMILES string of the molecule is CN1c2nc(OC[C@@]34CCCN3C[C@H](F)C4)nc3c(F)c(-c4cc(O)cc(Cl)c4C4CC4)nc(c23)OC2(C)CCCC1C2. The Kier molecular flexibility index (Phi) is 6.26. The maximum Gasteiger partial charge on any atom is 0.319 e. The highest BCUT2D eigenvalue weighted by Gasteiger charge is 2.49. The van der Waals surface area contributed by atoms with E-state index < -0.39 is 23.1 Å². The lowest BCUT2D eigenvalue weighted by atomic mass is 9.82. The predicted octanol–water partition coefficient (Wildman–Crippen LogP) is 6.55. The van der Waals surface area contributed by atoms with Crippen molar-refractivity contribution in [3.8, 4) is 28.9 Å². The fraction of sp³-hybridized carbons (Fsp3) is 0.594. The number of phenols is 1. The second-order valence-electron chi connectivity index (χ2n) is 13.6. The molecular formula is C32H36ClF2N5O3. The predicted molar refractivity (Wildman–Crippen MR) is 160 cm³/mol. The minimum absolute atomic E-state index is 0.0358. The molecule has 8 nitrogen and oxygen atoms in total. The van der Waals surface area contributed by atoms with E-state index in [0.717, 1.165) is 63.5 Å². The highest BCUT2D eigenvalue weighted by molar-refractivity contribution is 6.32. The van der Waals surface area contributed by atoms with Crippen molar-refractivity contribution in [3.63, 3.8) is 0 Å². The summed E-state index contributed by atoms with van der Waals surface area (Å²) in [5, 5.41) is 11.3. The van der Waals surface area contributed by atoms with Crippen molar-refractivity contribution < 1.29 is 23.4 Å². The minimum Gasteiger partial charge on any atom is -0.508 e. The Morgan fingerprint density at radius 1 is 1.14 bits per heavy atom. The Labute approximate surface area is 254 Å². The number of aromatic hydroxyl groups is 1. The van der Waals surface area contributed by atoms with Crippen LogP contribution in [0.15, 0.2) is 12.1 Å². The summed E-state index contributed by atoms with van der Waals surface area (Å²) >= 11 is 6.62. The van der Waals surface area contributed by atoms with Gasteiger partial charge >= 0.3 is 6.01 Å². The zero-order valence-electron chi connectivity index (χ0n) is 24.5. The van der Waals surface area contributed by atoms with Crippen LogP contribution in [0.4, 0.5) is 14.6 Å². The van der Waals surface area contributed by atoms with Crippen molar-refractivity contribution in [2.45, 2.75) is 94.0 Å². The largest absolute Gasteiger partial charge is 0.508 e. The third-order valence-corrected chi connectivity index (χ3v) is 10.7. The third-order valence-electron chi connectivity index (χ3n) is 10.4. The normalized spacial score (nSPS) is 30.2. The number of hydrogen-bond donors (Lipinski definition) is 1. The lowest BCUT2D eigenvalue weighted by Gasteiger charge is -2.44. The van der Waals surface area contributed by atoms with Crippen molar-refractivity contribution in [1.82, 2.24) is 19.9 Å². The van der Waals surface area contributed by atoms with Crippen LogP contribution in [0.25, 0.3) is 22.2 Å². The highest BCUT2D eigenvalue weighted by atomic mass is 35.5. The molecule has 2 aliphatic carbocycles. The van der Waals surface area contributed by atoms with E-state index in [1.54, 1.807) is 0 Å². The molecular weight excluding hydrogens is 576 g/mol. The second-order valence-corrected chi connectivity index (χ2v) is 14.0. The Hall–Kier alpha value is -2.98. The van der Waals surface area contributed by atoms with Gasteiger partial charge < -0.3 is 19.5 Å². The average Bonchev–Trinajstić information content (AvgIpc) is 3.64. The van der Waals surface area contributed by atoms with Crippen LogP contribution in [-0.4, -0.2) is 75.1 Å². The van der Waals surface area contributed by atoms with Gasteiger partial charge in [0, 0.05) is 43.1 Å². The van der Waals surface area contributed by atoms with Crippen LogP contribution in [-0.2, 0) is 0 Å². The zero-order valence-corrected chi connectivity index (χ0v) is 25.3. The zero-order chi connectivity index (χ0) is 29.7. The Morgan fingerprint density at radius 3 is 2.79 bits per heavy atom. The fourth-order valence-corrected chi connectivity index (χ4v) is 8.52. The van der Waals surface area contributed by atoms with Gasteiger partial charge in [0.15, 0.2) is 5.82 Å². The van der Waals surface area contributed by atoms with Crippen LogP contribution in [0.2, 0.25) is 5.02 Å². The van der Waals surface area contributed by atoms with Gasteiger partial charge in [-0.25, -0.2) is 13.8 Å². The number of ether oxygens (including phenoxy) is 2. The standard InChI is InChI=1S/C32H36ClF2N5O3/c1-31-8-3-5-19(14-31)39(2)28-24-27(37-30(38-28)42-16-32-9-4-10-40(32)15-18(34)13-32)25(35)26(36-29(24)43-31)21-11-20(41)12-22(33)23(21)17-6-7-17/h11-12,17-19,41H,3-10,13-16H2,1-2H3/t18-,19?,31?,32+/m1/s1. The van der Waals surface area contributed by atoms with Crippen LogP contribution >= 0.6 is 11.6 Å². The first-order valence-corrected chi connectivity index (χ1v) is 15.9. The molecule has 1 N–H and O–H groups in total. The van der Waals surface area contributed by atoms with Crippen LogP contribution < -0.4 is 14.4 Å². The van der Waals surface area contributed by atoms with E-state index in [2.05, 4.69) is 21.7 Å². The number of phenolic OH excluding ortho intramolecular Hbond substituents is 1. The Balaban J connectivity index is 1.32. The summed E-state index contributed by atoms with van der Waals surface area (Å²) in [6.07, 6.45) is 6.78. The smallest absolute Gasteiger partial charge is 0.319 e. The molecule has 8 rings (SSSR count). The van der Waals surface area contributed by atoms with Gasteiger partial charge in [-0.3, -0.25) is 4.90 Å². The molecule has 4 atom stereocenters. The Morgan fingerprint density at radius 2 is 1.98 bits per heavy atom. The first kappa shape index (κ1) is 27.6. The lowest BCUT2D eigenvalue weighted by Crippen LogP contribution is -2.48. The van der Waals surface area contributed by atoms with Crippen LogP contribution in [0, 0.1) is 5.82 Å². The van der Waals surface area contributed by atoms with Crippen molar-refractivity contribution in [2.24, 2.45) is 0 Å². The fourth-order valence-electron chi connectivity index (χ4n) is 8.15. The van der Waals surface area contributed by atoms with E-state index in [4.69, 9.17) is 31.0 Å². The molecule has 2 saturated heterocycles. The first-order valence-electron chi connectivity index (χ1n) is 15.5. The molecule has 0 spiro atoms. The van der Waals surface area contributed by atoms with E-state index in [9.17, 15) is 9.50 Å². The summed E-state index contributed by atoms with van der Waals surface area (Å²) in [6, 6.07) is 3.21. The number of fused-ring (bicyclic) bond motifs is 3. The molecule has 4 fully saturated rings. The van der Waals surface area contributed by atoms with Crippen molar-refractivity contribution in [3.05, 3.63) is 28.5 Å². The number of nitrogens with zero attached hydrogens (tertiary/aromatic N) is 5. The molecule has 0 amide bonds. The van der Waals surface area contributed by atoms with Gasteiger partial charge in [0.25, 0.3) is 0 Å². The van der Waals surface area contributed by atoms with Crippen LogP contribution in [0.1, 0.15) is 76.2 Å². The summed E-state index contributed by atoms with van der Waals surface area (Å²) < 4.78 is 44.3. The summed E-state index contributed by atoms with van der Waals surface area (Å²) in [7, 11) is 1.98. The summed E-state index contributed by atoms with van der Waals surface area (Å²) in [4.78, 5) is 18.6. The van der Waals surface area contributed by atoms with Gasteiger partial charge in [0.2, 0.25) is 5.88 Å². The van der Waals surface area contributed by atoms with Crippen LogP contribution in [0.5, 0.6) is 17.6 Å². The number of pyridine rings is 1. The molecule has 1 aromatic carbocycles. The number of rotatable bonds is 5. The summed E-state index contributed by atoms with van der Waals surface area (Å²) in [5.41, 5.74) is 0.412. The van der Waals surface area contributed by atoms with Crippen molar-refractivity contribution in [1.29, 1.82) is 0 Å². The van der Waals surface area contributed by atoms with E-state index in [-0.39, 0.29) is 47.4 Å². The maximum absolute atomic E-state index is 16.9. The number of hydrogen-bond acceptors (Lipinski definition) is 8. The highest BCUT2D eigenvalue weighted by Crippen LogP contribution is 2.51. The minimum atomic E-state index is -0.887. The number of benzene rings is 1. The van der Waals surface area contributed by atoms with Crippen LogP contribution in [0.3, 0.4) is 0 Å². The molecule has 0 radical (unpaired) electrons. The quantitative estimate of drug-likeness (QED) is 0.348. The summed E-state index contributed by atoms with van der Waals surface area (Å²) in [6.45, 7) is 3.58. The molecule has 43 heavy (non-hydrogen) atoms. The molecule has 3 aromatic rings. The average molecular weight is 612 g/mol. The first-order chi connectivity index (χ1) is 20.6. The van der Waals surface area contributed by atoms with E-state index in [0.29, 0.717) is 34.8 Å². The maximum atomic E-state index is 16.9. The molecule has 2 bridgehead atoms. The molecule has 2 aromatic heterocycles.